The first-order chi connectivity index (χ1) is 11.2. The number of likely N-dealkylation sites (tertiary alicyclic amines) is 1. The molecule has 2 fully saturated rings. The number of carbonyl (C=O) groups is 2. The summed E-state index contributed by atoms with van der Waals surface area (Å²) in [6.45, 7) is 0.461. The van der Waals surface area contributed by atoms with Gasteiger partial charge in [-0.2, -0.15) is 0 Å². The maximum Gasteiger partial charge on any atom is 0.242 e. The van der Waals surface area contributed by atoms with E-state index in [4.69, 9.17) is 4.74 Å². The number of hydrogen-bond donors (Lipinski definition) is 1. The molecule has 2 heterocycles. The van der Waals surface area contributed by atoms with E-state index in [-0.39, 0.29) is 23.8 Å². The van der Waals surface area contributed by atoms with E-state index in [1.807, 2.05) is 12.1 Å². The summed E-state index contributed by atoms with van der Waals surface area (Å²) in [5.41, 5.74) is 0. The van der Waals surface area contributed by atoms with Crippen molar-refractivity contribution >= 4 is 11.8 Å². The van der Waals surface area contributed by atoms with E-state index in [2.05, 4.69) is 10.3 Å². The minimum absolute atomic E-state index is 0.0688. The number of carbonyl (C=O) groups excluding carboxylic acids is 2. The highest BCUT2D eigenvalue weighted by molar-refractivity contribution is 5.89. The summed E-state index contributed by atoms with van der Waals surface area (Å²) in [6, 6.07) is 3.21. The van der Waals surface area contributed by atoms with Crippen LogP contribution in [0.3, 0.4) is 0 Å². The molecule has 0 spiro atoms. The third-order valence-electron chi connectivity index (χ3n) is 4.74. The summed E-state index contributed by atoms with van der Waals surface area (Å²) in [5, 5.41) is 2.67. The van der Waals surface area contributed by atoms with Gasteiger partial charge in [-0.1, -0.05) is 12.8 Å². The fourth-order valence-corrected chi connectivity index (χ4v) is 3.56. The Kier molecular flexibility index (Phi) is 4.79. The van der Waals surface area contributed by atoms with Crippen molar-refractivity contribution in [3.05, 3.63) is 24.5 Å². The molecule has 0 bridgehead atoms. The Hall–Kier alpha value is -2.11. The molecule has 3 rings (SSSR count). The number of pyridine rings is 1. The summed E-state index contributed by atoms with van der Waals surface area (Å²) >= 11 is 0. The summed E-state index contributed by atoms with van der Waals surface area (Å²) in [4.78, 5) is 30.7. The van der Waals surface area contributed by atoms with Crippen LogP contribution >= 0.6 is 0 Å². The molecule has 1 aliphatic carbocycles. The molecule has 1 aromatic heterocycles. The second-order valence-electron chi connectivity index (χ2n) is 6.27. The molecule has 1 aliphatic heterocycles. The standard InChI is InChI=1S/C17H23N3O3/c1-18-16(21)15-9-14(23-13-7-4-8-19-10-13)11-20(15)17(22)12-5-2-3-6-12/h4,7-8,10,12,14-15H,2-3,5-6,9,11H2,1H3,(H,18,21)/t14-,15-/m0/s1. The van der Waals surface area contributed by atoms with Gasteiger partial charge in [-0.05, 0) is 25.0 Å². The number of hydrogen-bond acceptors (Lipinski definition) is 4. The Bertz CT molecular complexity index is 557. The van der Waals surface area contributed by atoms with Crippen molar-refractivity contribution in [1.29, 1.82) is 0 Å². The molecule has 2 atom stereocenters. The molecular formula is C17H23N3O3. The SMILES string of the molecule is CNC(=O)[C@@H]1C[C@H](Oc2cccnc2)CN1C(=O)C1CCCC1. The maximum atomic E-state index is 12.8. The molecule has 124 valence electrons. The van der Waals surface area contributed by atoms with Gasteiger partial charge >= 0.3 is 0 Å². The minimum atomic E-state index is -0.435. The highest BCUT2D eigenvalue weighted by atomic mass is 16.5. The van der Waals surface area contributed by atoms with Crippen LogP contribution in [0.2, 0.25) is 0 Å². The van der Waals surface area contributed by atoms with Gasteiger partial charge in [0.25, 0.3) is 0 Å². The maximum absolute atomic E-state index is 12.8. The van der Waals surface area contributed by atoms with Crippen LogP contribution in [0.4, 0.5) is 0 Å². The van der Waals surface area contributed by atoms with Crippen LogP contribution < -0.4 is 10.1 Å². The summed E-state index contributed by atoms with van der Waals surface area (Å²) in [5.74, 6) is 0.727. The fraction of sp³-hybridized carbons (Fsp3) is 0.588. The molecule has 2 aliphatic rings. The highest BCUT2D eigenvalue weighted by Crippen LogP contribution is 2.31. The Morgan fingerprint density at radius 1 is 1.35 bits per heavy atom. The number of ether oxygens (including phenoxy) is 1. The van der Waals surface area contributed by atoms with Crippen LogP contribution in [0.15, 0.2) is 24.5 Å². The zero-order chi connectivity index (χ0) is 16.2. The number of amides is 2. The Balaban J connectivity index is 1.71. The third kappa shape index (κ3) is 3.46. The normalized spacial score (nSPS) is 24.7. The van der Waals surface area contributed by atoms with Crippen molar-refractivity contribution in [3.8, 4) is 5.75 Å². The largest absolute Gasteiger partial charge is 0.487 e. The zero-order valence-electron chi connectivity index (χ0n) is 13.4. The van der Waals surface area contributed by atoms with E-state index in [1.54, 1.807) is 24.3 Å². The number of aromatic nitrogens is 1. The van der Waals surface area contributed by atoms with Crippen LogP contribution in [0.25, 0.3) is 0 Å². The average Bonchev–Trinajstić information content (AvgIpc) is 3.24. The van der Waals surface area contributed by atoms with Crippen molar-refractivity contribution in [1.82, 2.24) is 15.2 Å². The van der Waals surface area contributed by atoms with Gasteiger partial charge in [0.05, 0.1) is 12.7 Å². The van der Waals surface area contributed by atoms with Gasteiger partial charge in [0, 0.05) is 25.6 Å². The highest BCUT2D eigenvalue weighted by Gasteiger charge is 2.42. The van der Waals surface area contributed by atoms with Crippen molar-refractivity contribution in [2.75, 3.05) is 13.6 Å². The number of nitrogens with zero attached hydrogens (tertiary/aromatic N) is 2. The summed E-state index contributed by atoms with van der Waals surface area (Å²) < 4.78 is 5.91. The second kappa shape index (κ2) is 6.98. The Morgan fingerprint density at radius 3 is 2.78 bits per heavy atom. The smallest absolute Gasteiger partial charge is 0.242 e. The van der Waals surface area contributed by atoms with Gasteiger partial charge in [-0.25, -0.2) is 0 Å². The van der Waals surface area contributed by atoms with Crippen molar-refractivity contribution in [3.63, 3.8) is 0 Å². The first kappa shape index (κ1) is 15.8. The van der Waals surface area contributed by atoms with Gasteiger partial charge in [0.1, 0.15) is 17.9 Å². The quantitative estimate of drug-likeness (QED) is 0.910. The lowest BCUT2D eigenvalue weighted by atomic mass is 10.1. The van der Waals surface area contributed by atoms with Crippen LogP contribution in [0.5, 0.6) is 5.75 Å². The zero-order valence-corrected chi connectivity index (χ0v) is 13.4. The van der Waals surface area contributed by atoms with Crippen LogP contribution in [0.1, 0.15) is 32.1 Å². The van der Waals surface area contributed by atoms with E-state index in [0.29, 0.717) is 18.7 Å². The molecule has 1 saturated heterocycles. The predicted octanol–water partition coefficient (Wildman–Crippen LogP) is 1.37. The Morgan fingerprint density at radius 2 is 2.13 bits per heavy atom. The van der Waals surface area contributed by atoms with Crippen LogP contribution in [-0.2, 0) is 9.59 Å². The monoisotopic (exact) mass is 317 g/mol. The van der Waals surface area contributed by atoms with Crippen LogP contribution in [-0.4, -0.2) is 47.4 Å². The summed E-state index contributed by atoms with van der Waals surface area (Å²) in [7, 11) is 1.61. The predicted molar refractivity (Wildman–Crippen MR) is 84.8 cm³/mol. The number of rotatable bonds is 4. The van der Waals surface area contributed by atoms with E-state index >= 15 is 0 Å². The summed E-state index contributed by atoms with van der Waals surface area (Å²) in [6.07, 6.45) is 7.75. The minimum Gasteiger partial charge on any atom is -0.487 e. The lowest BCUT2D eigenvalue weighted by Crippen LogP contribution is -2.46. The van der Waals surface area contributed by atoms with Crippen molar-refractivity contribution in [2.45, 2.75) is 44.2 Å². The molecule has 6 heteroatoms. The van der Waals surface area contributed by atoms with Gasteiger partial charge in [-0.15, -0.1) is 0 Å². The number of nitrogens with one attached hydrogen (secondary N) is 1. The molecule has 1 saturated carbocycles. The van der Waals surface area contributed by atoms with E-state index < -0.39 is 6.04 Å². The van der Waals surface area contributed by atoms with E-state index in [0.717, 1.165) is 25.7 Å². The van der Waals surface area contributed by atoms with Crippen molar-refractivity contribution in [2.24, 2.45) is 5.92 Å². The molecule has 0 aromatic carbocycles. The molecule has 1 aromatic rings. The molecule has 23 heavy (non-hydrogen) atoms. The molecule has 2 amide bonds. The van der Waals surface area contributed by atoms with Gasteiger partial charge in [-0.3, -0.25) is 14.6 Å². The van der Waals surface area contributed by atoms with Crippen LogP contribution in [0, 0.1) is 5.92 Å². The lowest BCUT2D eigenvalue weighted by Gasteiger charge is -2.25. The Labute approximate surface area is 136 Å². The van der Waals surface area contributed by atoms with E-state index in [9.17, 15) is 9.59 Å². The third-order valence-corrected chi connectivity index (χ3v) is 4.74. The first-order valence-corrected chi connectivity index (χ1v) is 8.28. The molecule has 0 unspecified atom stereocenters. The topological polar surface area (TPSA) is 71.5 Å². The number of likely N-dealkylation sites (N-methyl/N-ethyl adjacent to an activating group) is 1. The fourth-order valence-electron chi connectivity index (χ4n) is 3.56. The van der Waals surface area contributed by atoms with Gasteiger partial charge in [0.2, 0.25) is 11.8 Å². The lowest BCUT2D eigenvalue weighted by molar-refractivity contribution is -0.141. The van der Waals surface area contributed by atoms with Gasteiger partial charge < -0.3 is 15.0 Å². The molecule has 6 nitrogen and oxygen atoms in total. The molecule has 1 N–H and O–H groups in total. The average molecular weight is 317 g/mol. The van der Waals surface area contributed by atoms with E-state index in [1.165, 1.54) is 0 Å². The molecular weight excluding hydrogens is 294 g/mol. The van der Waals surface area contributed by atoms with Crippen molar-refractivity contribution < 1.29 is 14.3 Å². The first-order valence-electron chi connectivity index (χ1n) is 8.28. The second-order valence-corrected chi connectivity index (χ2v) is 6.27. The van der Waals surface area contributed by atoms with Gasteiger partial charge in [0.15, 0.2) is 0 Å². The molecule has 0 radical (unpaired) electrons.